The van der Waals surface area contributed by atoms with Gasteiger partial charge in [-0.15, -0.1) is 0 Å². The molecular formula is C10H8N4O. The summed E-state index contributed by atoms with van der Waals surface area (Å²) in [6.45, 7) is 0. The predicted molar refractivity (Wildman–Crippen MR) is 56.0 cm³/mol. The SMILES string of the molecule is Nc1ccc2[nH]nc(-c3ccno3)c2c1. The Kier molecular flexibility index (Phi) is 1.53. The number of fused-ring (bicyclic) bond motifs is 1. The maximum atomic E-state index is 5.72. The molecule has 5 heteroatoms. The molecule has 3 N–H and O–H groups in total. The van der Waals surface area contributed by atoms with E-state index in [-0.39, 0.29) is 0 Å². The second-order valence-electron chi connectivity index (χ2n) is 3.25. The van der Waals surface area contributed by atoms with Crippen LogP contribution in [-0.2, 0) is 0 Å². The number of nitrogens with two attached hydrogens (primary N) is 1. The van der Waals surface area contributed by atoms with Gasteiger partial charge in [0.05, 0.1) is 11.7 Å². The molecule has 15 heavy (non-hydrogen) atoms. The van der Waals surface area contributed by atoms with Crippen LogP contribution in [0.1, 0.15) is 0 Å². The standard InChI is InChI=1S/C10H8N4O/c11-6-1-2-8-7(5-6)10(14-13-8)9-3-4-12-15-9/h1-5H,11H2,(H,13,14). The number of benzene rings is 1. The van der Waals surface area contributed by atoms with Crippen LogP contribution in [-0.4, -0.2) is 15.4 Å². The molecule has 0 amide bonds. The van der Waals surface area contributed by atoms with Crippen molar-refractivity contribution in [3.05, 3.63) is 30.5 Å². The van der Waals surface area contributed by atoms with E-state index in [0.717, 1.165) is 16.6 Å². The quantitative estimate of drug-likeness (QED) is 0.587. The van der Waals surface area contributed by atoms with Crippen molar-refractivity contribution < 1.29 is 4.52 Å². The lowest BCUT2D eigenvalue weighted by Gasteiger charge is -1.93. The minimum atomic E-state index is 0.631. The Bertz CT molecular complexity index is 597. The van der Waals surface area contributed by atoms with Gasteiger partial charge >= 0.3 is 0 Å². The highest BCUT2D eigenvalue weighted by atomic mass is 16.5. The molecule has 0 spiro atoms. The normalized spacial score (nSPS) is 10.9. The minimum absolute atomic E-state index is 0.631. The lowest BCUT2D eigenvalue weighted by atomic mass is 10.1. The van der Waals surface area contributed by atoms with Gasteiger partial charge in [-0.05, 0) is 18.2 Å². The molecule has 0 aliphatic heterocycles. The van der Waals surface area contributed by atoms with Crippen molar-refractivity contribution in [3.63, 3.8) is 0 Å². The number of anilines is 1. The first-order valence-corrected chi connectivity index (χ1v) is 4.49. The molecule has 0 atom stereocenters. The molecule has 0 saturated heterocycles. The third-order valence-corrected chi connectivity index (χ3v) is 2.26. The average molecular weight is 200 g/mol. The topological polar surface area (TPSA) is 80.7 Å². The summed E-state index contributed by atoms with van der Waals surface area (Å²) in [5, 5.41) is 11.7. The Balaban J connectivity index is 2.32. The first-order chi connectivity index (χ1) is 7.34. The van der Waals surface area contributed by atoms with Crippen LogP contribution < -0.4 is 5.73 Å². The Morgan fingerprint density at radius 1 is 1.27 bits per heavy atom. The maximum Gasteiger partial charge on any atom is 0.187 e. The third-order valence-electron chi connectivity index (χ3n) is 2.26. The molecule has 2 heterocycles. The summed E-state index contributed by atoms with van der Waals surface area (Å²) in [4.78, 5) is 0. The van der Waals surface area contributed by atoms with Crippen LogP contribution in [0.2, 0.25) is 0 Å². The zero-order valence-electron chi connectivity index (χ0n) is 7.77. The van der Waals surface area contributed by atoms with Crippen molar-refractivity contribution >= 4 is 16.6 Å². The first-order valence-electron chi connectivity index (χ1n) is 4.49. The van der Waals surface area contributed by atoms with E-state index in [2.05, 4.69) is 15.4 Å². The van der Waals surface area contributed by atoms with E-state index in [0.29, 0.717) is 11.4 Å². The van der Waals surface area contributed by atoms with Crippen LogP contribution in [0.5, 0.6) is 0 Å². The van der Waals surface area contributed by atoms with E-state index < -0.39 is 0 Å². The molecule has 5 nitrogen and oxygen atoms in total. The highest BCUT2D eigenvalue weighted by Gasteiger charge is 2.10. The molecule has 0 aliphatic carbocycles. The summed E-state index contributed by atoms with van der Waals surface area (Å²) in [5.41, 5.74) is 8.07. The van der Waals surface area contributed by atoms with Crippen molar-refractivity contribution in [1.82, 2.24) is 15.4 Å². The fourth-order valence-corrected chi connectivity index (χ4v) is 1.56. The molecule has 0 radical (unpaired) electrons. The number of hydrogen-bond acceptors (Lipinski definition) is 4. The van der Waals surface area contributed by atoms with E-state index >= 15 is 0 Å². The number of aromatic nitrogens is 3. The highest BCUT2D eigenvalue weighted by molar-refractivity contribution is 5.93. The number of rotatable bonds is 1. The van der Waals surface area contributed by atoms with Gasteiger partial charge in [0.2, 0.25) is 0 Å². The van der Waals surface area contributed by atoms with Crippen LogP contribution in [0.25, 0.3) is 22.4 Å². The first kappa shape index (κ1) is 8.05. The van der Waals surface area contributed by atoms with E-state index in [9.17, 15) is 0 Å². The number of aromatic amines is 1. The second kappa shape index (κ2) is 2.84. The largest absolute Gasteiger partial charge is 0.399 e. The van der Waals surface area contributed by atoms with Crippen LogP contribution in [0.4, 0.5) is 5.69 Å². The Labute approximate surface area is 84.9 Å². The van der Waals surface area contributed by atoms with E-state index in [1.807, 2.05) is 18.2 Å². The molecule has 0 saturated carbocycles. The van der Waals surface area contributed by atoms with Gasteiger partial charge < -0.3 is 10.3 Å². The zero-order valence-corrected chi connectivity index (χ0v) is 7.77. The summed E-state index contributed by atoms with van der Waals surface area (Å²) in [6.07, 6.45) is 1.59. The number of nitrogen functional groups attached to an aromatic ring is 1. The van der Waals surface area contributed by atoms with Gasteiger partial charge in [0.25, 0.3) is 0 Å². The van der Waals surface area contributed by atoms with Gasteiger partial charge in [-0.2, -0.15) is 5.10 Å². The Morgan fingerprint density at radius 3 is 3.00 bits per heavy atom. The van der Waals surface area contributed by atoms with Crippen LogP contribution in [0.15, 0.2) is 35.0 Å². The minimum Gasteiger partial charge on any atom is -0.399 e. The summed E-state index contributed by atoms with van der Waals surface area (Å²) in [5.74, 6) is 0.631. The van der Waals surface area contributed by atoms with Crippen LogP contribution in [0, 0.1) is 0 Å². The average Bonchev–Trinajstić information content (AvgIpc) is 2.83. The summed E-state index contributed by atoms with van der Waals surface area (Å²) in [7, 11) is 0. The molecule has 3 aromatic rings. The van der Waals surface area contributed by atoms with Gasteiger partial charge in [0.15, 0.2) is 5.76 Å². The number of H-pyrrole nitrogens is 1. The molecular weight excluding hydrogens is 192 g/mol. The fourth-order valence-electron chi connectivity index (χ4n) is 1.56. The lowest BCUT2D eigenvalue weighted by molar-refractivity contribution is 0.431. The summed E-state index contributed by atoms with van der Waals surface area (Å²) < 4.78 is 5.05. The number of hydrogen-bond donors (Lipinski definition) is 2. The van der Waals surface area contributed by atoms with E-state index in [4.69, 9.17) is 10.3 Å². The van der Waals surface area contributed by atoms with E-state index in [1.54, 1.807) is 12.3 Å². The second-order valence-corrected chi connectivity index (χ2v) is 3.25. The predicted octanol–water partition coefficient (Wildman–Crippen LogP) is 1.80. The monoisotopic (exact) mass is 200 g/mol. The van der Waals surface area contributed by atoms with Crippen molar-refractivity contribution in [1.29, 1.82) is 0 Å². The van der Waals surface area contributed by atoms with Crippen LogP contribution in [0.3, 0.4) is 0 Å². The van der Waals surface area contributed by atoms with Crippen molar-refractivity contribution in [2.24, 2.45) is 0 Å². The highest BCUT2D eigenvalue weighted by Crippen LogP contribution is 2.26. The Morgan fingerprint density at radius 2 is 2.20 bits per heavy atom. The van der Waals surface area contributed by atoms with E-state index in [1.165, 1.54) is 0 Å². The summed E-state index contributed by atoms with van der Waals surface area (Å²) >= 11 is 0. The smallest absolute Gasteiger partial charge is 0.187 e. The van der Waals surface area contributed by atoms with Gasteiger partial charge in [0.1, 0.15) is 5.69 Å². The number of nitrogens with one attached hydrogen (secondary N) is 1. The molecule has 2 aromatic heterocycles. The summed E-state index contributed by atoms with van der Waals surface area (Å²) in [6, 6.07) is 7.33. The van der Waals surface area contributed by atoms with Crippen molar-refractivity contribution in [2.75, 3.05) is 5.73 Å². The maximum absolute atomic E-state index is 5.72. The molecule has 1 aromatic carbocycles. The zero-order chi connectivity index (χ0) is 10.3. The van der Waals surface area contributed by atoms with Gasteiger partial charge in [-0.25, -0.2) is 0 Å². The molecule has 0 bridgehead atoms. The van der Waals surface area contributed by atoms with Gasteiger partial charge in [-0.1, -0.05) is 5.16 Å². The molecule has 3 rings (SSSR count). The molecule has 0 fully saturated rings. The fraction of sp³-hybridized carbons (Fsp3) is 0. The van der Waals surface area contributed by atoms with Gasteiger partial charge in [0, 0.05) is 17.1 Å². The third kappa shape index (κ3) is 1.17. The van der Waals surface area contributed by atoms with Crippen molar-refractivity contribution in [3.8, 4) is 11.5 Å². The number of nitrogens with zero attached hydrogens (tertiary/aromatic N) is 2. The van der Waals surface area contributed by atoms with Crippen molar-refractivity contribution in [2.45, 2.75) is 0 Å². The van der Waals surface area contributed by atoms with Gasteiger partial charge in [-0.3, -0.25) is 5.10 Å². The lowest BCUT2D eigenvalue weighted by Crippen LogP contribution is -1.82. The molecule has 0 unspecified atom stereocenters. The Hall–Kier alpha value is -2.30. The van der Waals surface area contributed by atoms with Crippen LogP contribution >= 0.6 is 0 Å². The molecule has 0 aliphatic rings. The molecule has 74 valence electrons.